The predicted molar refractivity (Wildman–Crippen MR) is 123 cm³/mol. The molecule has 1 aromatic carbocycles. The van der Waals surface area contributed by atoms with Crippen molar-refractivity contribution in [1.82, 2.24) is 15.5 Å². The highest BCUT2D eigenvalue weighted by atomic mass is 19.1. The Bertz CT molecular complexity index is 976. The van der Waals surface area contributed by atoms with Gasteiger partial charge in [0.15, 0.2) is 0 Å². The van der Waals surface area contributed by atoms with Crippen molar-refractivity contribution in [2.75, 3.05) is 6.61 Å². The van der Waals surface area contributed by atoms with Gasteiger partial charge in [0.25, 0.3) is 5.91 Å². The molecule has 2 saturated heterocycles. The van der Waals surface area contributed by atoms with Crippen LogP contribution in [0.15, 0.2) is 24.4 Å². The quantitative estimate of drug-likeness (QED) is 0.687. The summed E-state index contributed by atoms with van der Waals surface area (Å²) in [6.07, 6.45) is 5.34. The maximum atomic E-state index is 15.6. The maximum Gasteiger partial charge on any atom is 0.255 e. The fraction of sp³-hybridized carbons (Fsp3) is 0.615. The van der Waals surface area contributed by atoms with Gasteiger partial charge < -0.3 is 20.3 Å². The second-order valence-corrected chi connectivity index (χ2v) is 10.1. The molecule has 1 aromatic rings. The Morgan fingerprint density at radius 3 is 2.71 bits per heavy atom. The summed E-state index contributed by atoms with van der Waals surface area (Å²) < 4.78 is 35.2. The number of allylic oxidation sites excluding steroid dienone is 1. The van der Waals surface area contributed by atoms with Crippen LogP contribution in [0.2, 0.25) is 0 Å². The van der Waals surface area contributed by atoms with E-state index in [0.717, 1.165) is 25.7 Å². The molecule has 34 heavy (non-hydrogen) atoms. The number of ether oxygens (including phenoxy) is 1. The molecule has 0 aromatic heterocycles. The lowest BCUT2D eigenvalue weighted by atomic mass is 9.90. The molecule has 2 N–H and O–H groups in total. The summed E-state index contributed by atoms with van der Waals surface area (Å²) in [6.45, 7) is 4.52. The summed E-state index contributed by atoms with van der Waals surface area (Å²) in [5.41, 5.74) is 1.87. The third-order valence-corrected chi connectivity index (χ3v) is 7.81. The van der Waals surface area contributed by atoms with E-state index in [0.29, 0.717) is 61.1 Å². The lowest BCUT2D eigenvalue weighted by Crippen LogP contribution is -2.50. The minimum absolute atomic E-state index is 0.0953. The molecule has 0 radical (unpaired) electrons. The minimum Gasteiger partial charge on any atom is -0.376 e. The van der Waals surface area contributed by atoms with E-state index < -0.39 is 12.2 Å². The first kappa shape index (κ1) is 23.4. The molecule has 6 nitrogen and oxygen atoms in total. The van der Waals surface area contributed by atoms with E-state index in [4.69, 9.17) is 4.74 Å². The lowest BCUT2D eigenvalue weighted by molar-refractivity contribution is -0.126. The van der Waals surface area contributed by atoms with Crippen LogP contribution in [0.25, 0.3) is 0 Å². The normalized spacial score (nSPS) is 32.0. The zero-order valence-electron chi connectivity index (χ0n) is 19.5. The molecule has 1 aliphatic carbocycles. The lowest BCUT2D eigenvalue weighted by Gasteiger charge is -2.37. The molecule has 1 saturated carbocycles. The summed E-state index contributed by atoms with van der Waals surface area (Å²) in [7, 11) is 0. The predicted octanol–water partition coefficient (Wildman–Crippen LogP) is 3.53. The molecule has 3 fully saturated rings. The van der Waals surface area contributed by atoms with Crippen LogP contribution in [0.4, 0.5) is 8.78 Å². The van der Waals surface area contributed by atoms with Gasteiger partial charge in [-0.25, -0.2) is 8.78 Å². The standard InChI is InChI=1S/C26H33F2N3O3/c1-15-4-11-22(25(32)29-15)31-14-20-19(26(31)33)10-5-16(24(20)28)13-23-21(3-2-12-34-23)30-18-8-6-17(27)7-9-18/h5,10,17-18,21-23,30H,1-4,6-9,11-14H2,(H,29,32)/t17?,18?,21-,22+,23+/m0/s1. The maximum absolute atomic E-state index is 15.6. The third-order valence-electron chi connectivity index (χ3n) is 7.81. The number of halogens is 2. The summed E-state index contributed by atoms with van der Waals surface area (Å²) >= 11 is 0. The van der Waals surface area contributed by atoms with Crippen molar-refractivity contribution in [2.24, 2.45) is 0 Å². The number of alkyl halides is 1. The molecule has 5 rings (SSSR count). The van der Waals surface area contributed by atoms with E-state index in [1.165, 1.54) is 4.90 Å². The van der Waals surface area contributed by atoms with Crippen molar-refractivity contribution < 1.29 is 23.1 Å². The first-order valence-electron chi connectivity index (χ1n) is 12.5. The van der Waals surface area contributed by atoms with Crippen LogP contribution < -0.4 is 10.6 Å². The third kappa shape index (κ3) is 4.62. The molecule has 0 unspecified atom stereocenters. The van der Waals surface area contributed by atoms with E-state index in [1.807, 2.05) is 0 Å². The number of nitrogens with zero attached hydrogens (tertiary/aromatic N) is 1. The van der Waals surface area contributed by atoms with Gasteiger partial charge in [0.1, 0.15) is 18.0 Å². The van der Waals surface area contributed by atoms with Gasteiger partial charge in [-0.2, -0.15) is 0 Å². The Hall–Kier alpha value is -2.32. The van der Waals surface area contributed by atoms with Gasteiger partial charge >= 0.3 is 0 Å². The number of nitrogens with one attached hydrogen (secondary N) is 2. The van der Waals surface area contributed by atoms with Crippen LogP contribution >= 0.6 is 0 Å². The molecule has 3 aliphatic heterocycles. The van der Waals surface area contributed by atoms with Crippen LogP contribution in [0, 0.1) is 5.82 Å². The molecule has 3 heterocycles. The van der Waals surface area contributed by atoms with Crippen molar-refractivity contribution in [1.29, 1.82) is 0 Å². The van der Waals surface area contributed by atoms with Gasteiger partial charge in [-0.1, -0.05) is 12.6 Å². The van der Waals surface area contributed by atoms with Crippen LogP contribution in [0.5, 0.6) is 0 Å². The molecule has 0 spiro atoms. The van der Waals surface area contributed by atoms with Crippen molar-refractivity contribution in [3.63, 3.8) is 0 Å². The molecule has 2 amide bonds. The molecule has 0 bridgehead atoms. The number of carbonyl (C=O) groups is 2. The van der Waals surface area contributed by atoms with E-state index in [1.54, 1.807) is 12.1 Å². The molecule has 3 atom stereocenters. The van der Waals surface area contributed by atoms with Crippen molar-refractivity contribution in [3.8, 4) is 0 Å². The Morgan fingerprint density at radius 1 is 1.15 bits per heavy atom. The highest BCUT2D eigenvalue weighted by molar-refractivity contribution is 6.01. The van der Waals surface area contributed by atoms with E-state index in [-0.39, 0.29) is 42.4 Å². The van der Waals surface area contributed by atoms with Crippen LogP contribution in [0.3, 0.4) is 0 Å². The zero-order valence-corrected chi connectivity index (χ0v) is 19.5. The number of amides is 2. The minimum atomic E-state index is -0.697. The second kappa shape index (κ2) is 9.74. The molecular weight excluding hydrogens is 440 g/mol. The van der Waals surface area contributed by atoms with Gasteiger partial charge in [0.2, 0.25) is 5.91 Å². The highest BCUT2D eigenvalue weighted by Gasteiger charge is 2.40. The van der Waals surface area contributed by atoms with Crippen LogP contribution in [-0.2, 0) is 22.5 Å². The number of benzene rings is 1. The Labute approximate surface area is 199 Å². The van der Waals surface area contributed by atoms with Crippen molar-refractivity contribution >= 4 is 11.8 Å². The summed E-state index contributed by atoms with van der Waals surface area (Å²) in [5.74, 6) is -0.936. The fourth-order valence-corrected chi connectivity index (χ4v) is 5.86. The molecule has 8 heteroatoms. The Kier molecular flexibility index (Phi) is 6.71. The number of piperidine rings is 1. The van der Waals surface area contributed by atoms with Crippen LogP contribution in [-0.4, -0.2) is 53.7 Å². The van der Waals surface area contributed by atoms with E-state index >= 15 is 4.39 Å². The number of rotatable bonds is 5. The molecule has 184 valence electrons. The van der Waals surface area contributed by atoms with Crippen LogP contribution in [0.1, 0.15) is 72.9 Å². The van der Waals surface area contributed by atoms with Gasteiger partial charge in [0, 0.05) is 41.9 Å². The number of hydrogen-bond donors (Lipinski definition) is 2. The zero-order chi connectivity index (χ0) is 23.8. The monoisotopic (exact) mass is 473 g/mol. The van der Waals surface area contributed by atoms with Crippen molar-refractivity contribution in [2.45, 2.75) is 94.7 Å². The fourth-order valence-electron chi connectivity index (χ4n) is 5.86. The average Bonchev–Trinajstić information content (AvgIpc) is 3.15. The topological polar surface area (TPSA) is 70.7 Å². The van der Waals surface area contributed by atoms with E-state index in [9.17, 15) is 14.0 Å². The van der Waals surface area contributed by atoms with Gasteiger partial charge in [0.05, 0.1) is 12.6 Å². The first-order valence-corrected chi connectivity index (χ1v) is 12.5. The van der Waals surface area contributed by atoms with E-state index in [2.05, 4.69) is 17.2 Å². The average molecular weight is 474 g/mol. The second-order valence-electron chi connectivity index (χ2n) is 10.1. The number of carbonyl (C=O) groups excluding carboxylic acids is 2. The smallest absolute Gasteiger partial charge is 0.255 e. The summed E-state index contributed by atoms with van der Waals surface area (Å²) in [6, 6.07) is 3.13. The highest BCUT2D eigenvalue weighted by Crippen LogP contribution is 2.33. The molecule has 4 aliphatic rings. The van der Waals surface area contributed by atoms with Gasteiger partial charge in [-0.05, 0) is 63.0 Å². The summed E-state index contributed by atoms with van der Waals surface area (Å²) in [5, 5.41) is 6.37. The Balaban J connectivity index is 1.29. The molecular formula is C26H33F2N3O3. The number of fused-ring (bicyclic) bond motifs is 1. The summed E-state index contributed by atoms with van der Waals surface area (Å²) in [4.78, 5) is 26.9. The van der Waals surface area contributed by atoms with Gasteiger partial charge in [-0.3, -0.25) is 9.59 Å². The largest absolute Gasteiger partial charge is 0.376 e. The first-order chi connectivity index (χ1) is 16.4. The van der Waals surface area contributed by atoms with Gasteiger partial charge in [-0.15, -0.1) is 0 Å². The van der Waals surface area contributed by atoms with Crippen molar-refractivity contribution in [3.05, 3.63) is 46.9 Å². The SMILES string of the molecule is C=C1CC[C@@H](N2Cc3c(ccc(C[C@H]4OCCC[C@@H]4NC4CCC(F)CC4)c3F)C2=O)C(=O)N1. The Morgan fingerprint density at radius 2 is 1.94 bits per heavy atom. The number of hydrogen-bond acceptors (Lipinski definition) is 4.